The van der Waals surface area contributed by atoms with Crippen molar-refractivity contribution in [3.63, 3.8) is 0 Å². The third-order valence-corrected chi connectivity index (χ3v) is 2.43. The Hall–Kier alpha value is -2.54. The Kier molecular flexibility index (Phi) is 2.58. The predicted octanol–water partition coefficient (Wildman–Crippen LogP) is 0.770. The first-order chi connectivity index (χ1) is 8.86. The van der Waals surface area contributed by atoms with Crippen molar-refractivity contribution in [1.29, 1.82) is 0 Å². The van der Waals surface area contributed by atoms with Crippen molar-refractivity contribution < 1.29 is 4.74 Å². The van der Waals surface area contributed by atoms with Crippen LogP contribution in [0.25, 0.3) is 5.65 Å². The van der Waals surface area contributed by atoms with Crippen molar-refractivity contribution in [3.8, 4) is 11.6 Å². The molecule has 18 heavy (non-hydrogen) atoms. The van der Waals surface area contributed by atoms with E-state index in [-0.39, 0.29) is 0 Å². The average Bonchev–Trinajstić information content (AvgIpc) is 2.88. The number of benzene rings is 1. The fraction of sp³-hybridized carbons (Fsp3) is 0.0909. The summed E-state index contributed by atoms with van der Waals surface area (Å²) >= 11 is 0. The minimum absolute atomic E-state index is 0.451. The molecule has 2 N–H and O–H groups in total. The van der Waals surface area contributed by atoms with Gasteiger partial charge >= 0.3 is 0 Å². The van der Waals surface area contributed by atoms with Crippen LogP contribution in [0.3, 0.4) is 0 Å². The second-order valence-electron chi connectivity index (χ2n) is 3.65. The van der Waals surface area contributed by atoms with Crippen molar-refractivity contribution in [2.75, 3.05) is 0 Å². The van der Waals surface area contributed by atoms with Crippen LogP contribution in [0.1, 0.15) is 5.56 Å². The van der Waals surface area contributed by atoms with Crippen LogP contribution in [0.2, 0.25) is 0 Å². The lowest BCUT2D eigenvalue weighted by Crippen LogP contribution is -1.99. The standard InChI is InChI=1S/C11H10N6O/c12-5-8-2-1-3-9(4-8)18-11-7-13-6-10-14-15-16-17(10)11/h1-4,6-7H,5,12H2. The molecule has 0 saturated carbocycles. The smallest absolute Gasteiger partial charge is 0.242 e. The molecule has 7 heteroatoms. The van der Waals surface area contributed by atoms with Crippen molar-refractivity contribution in [2.24, 2.45) is 5.73 Å². The first-order valence-electron chi connectivity index (χ1n) is 5.36. The predicted molar refractivity (Wildman–Crippen MR) is 63.0 cm³/mol. The van der Waals surface area contributed by atoms with Gasteiger partial charge in [0.15, 0.2) is 0 Å². The van der Waals surface area contributed by atoms with E-state index in [0.29, 0.717) is 23.8 Å². The maximum absolute atomic E-state index is 5.69. The maximum Gasteiger partial charge on any atom is 0.242 e. The molecule has 0 aliphatic heterocycles. The molecule has 0 unspecified atom stereocenters. The summed E-state index contributed by atoms with van der Waals surface area (Å²) in [6.07, 6.45) is 3.11. The molecule has 2 aromatic heterocycles. The number of ether oxygens (including phenoxy) is 1. The van der Waals surface area contributed by atoms with Gasteiger partial charge in [-0.3, -0.25) is 4.98 Å². The van der Waals surface area contributed by atoms with Crippen LogP contribution in [-0.2, 0) is 6.54 Å². The number of hydrogen-bond donors (Lipinski definition) is 1. The molecule has 0 fully saturated rings. The highest BCUT2D eigenvalue weighted by Gasteiger charge is 2.06. The highest BCUT2D eigenvalue weighted by molar-refractivity contribution is 5.37. The number of nitrogens with two attached hydrogens (primary N) is 1. The molecule has 0 radical (unpaired) electrons. The Balaban J connectivity index is 1.98. The van der Waals surface area contributed by atoms with E-state index >= 15 is 0 Å². The molecule has 3 rings (SSSR count). The minimum atomic E-state index is 0.451. The van der Waals surface area contributed by atoms with Crippen molar-refractivity contribution >= 4 is 5.65 Å². The topological polar surface area (TPSA) is 91.2 Å². The lowest BCUT2D eigenvalue weighted by Gasteiger charge is -2.06. The van der Waals surface area contributed by atoms with Gasteiger partial charge in [0, 0.05) is 6.54 Å². The van der Waals surface area contributed by atoms with Crippen LogP contribution in [0, 0.1) is 0 Å². The maximum atomic E-state index is 5.69. The molecule has 0 atom stereocenters. The summed E-state index contributed by atoms with van der Waals surface area (Å²) in [4.78, 5) is 4.01. The second-order valence-corrected chi connectivity index (χ2v) is 3.65. The van der Waals surface area contributed by atoms with E-state index in [4.69, 9.17) is 10.5 Å². The summed E-state index contributed by atoms with van der Waals surface area (Å²) in [7, 11) is 0. The van der Waals surface area contributed by atoms with Gasteiger partial charge in [-0.1, -0.05) is 12.1 Å². The molecule has 90 valence electrons. The molecule has 0 saturated heterocycles. The molecule has 0 aliphatic rings. The lowest BCUT2D eigenvalue weighted by atomic mass is 10.2. The Morgan fingerprint density at radius 1 is 1.28 bits per heavy atom. The Morgan fingerprint density at radius 2 is 2.22 bits per heavy atom. The molecule has 7 nitrogen and oxygen atoms in total. The van der Waals surface area contributed by atoms with Gasteiger partial charge in [0.1, 0.15) is 5.75 Å². The Labute approximate surface area is 102 Å². The quantitative estimate of drug-likeness (QED) is 0.729. The second kappa shape index (κ2) is 4.38. The summed E-state index contributed by atoms with van der Waals surface area (Å²) in [6, 6.07) is 7.51. The van der Waals surface area contributed by atoms with Crippen LogP contribution < -0.4 is 10.5 Å². The molecule has 0 aliphatic carbocycles. The van der Waals surface area contributed by atoms with E-state index in [1.807, 2.05) is 24.3 Å². The highest BCUT2D eigenvalue weighted by atomic mass is 16.5. The highest BCUT2D eigenvalue weighted by Crippen LogP contribution is 2.21. The normalized spacial score (nSPS) is 10.7. The molecule has 1 aromatic carbocycles. The van der Waals surface area contributed by atoms with E-state index in [1.165, 1.54) is 4.52 Å². The Bertz CT molecular complexity index is 680. The van der Waals surface area contributed by atoms with E-state index in [9.17, 15) is 0 Å². The number of aromatic nitrogens is 5. The van der Waals surface area contributed by atoms with Crippen LogP contribution in [-0.4, -0.2) is 25.0 Å². The number of fused-ring (bicyclic) bond motifs is 1. The summed E-state index contributed by atoms with van der Waals surface area (Å²) < 4.78 is 7.17. The van der Waals surface area contributed by atoms with Gasteiger partial charge in [0.2, 0.25) is 11.5 Å². The third-order valence-electron chi connectivity index (χ3n) is 2.43. The SMILES string of the molecule is NCc1cccc(Oc2cncc3nnnn23)c1. The molecule has 2 heterocycles. The molecular weight excluding hydrogens is 232 g/mol. The first kappa shape index (κ1) is 10.6. The van der Waals surface area contributed by atoms with Crippen molar-refractivity contribution in [2.45, 2.75) is 6.54 Å². The van der Waals surface area contributed by atoms with Crippen molar-refractivity contribution in [3.05, 3.63) is 42.2 Å². The van der Waals surface area contributed by atoms with E-state index < -0.39 is 0 Å². The lowest BCUT2D eigenvalue weighted by molar-refractivity contribution is 0.441. The molecule has 0 spiro atoms. The van der Waals surface area contributed by atoms with Crippen molar-refractivity contribution in [1.82, 2.24) is 25.0 Å². The van der Waals surface area contributed by atoms with Gasteiger partial charge in [-0.2, -0.15) is 4.52 Å². The minimum Gasteiger partial charge on any atom is -0.437 e. The number of nitrogens with zero attached hydrogens (tertiary/aromatic N) is 5. The van der Waals surface area contributed by atoms with Crippen LogP contribution in [0.5, 0.6) is 11.6 Å². The van der Waals surface area contributed by atoms with Gasteiger partial charge in [-0.25, -0.2) is 0 Å². The molecule has 0 bridgehead atoms. The number of rotatable bonds is 3. The number of hydrogen-bond acceptors (Lipinski definition) is 6. The van der Waals surface area contributed by atoms with E-state index in [1.54, 1.807) is 12.4 Å². The summed E-state index contributed by atoms with van der Waals surface area (Å²) in [5.74, 6) is 1.12. The molecule has 3 aromatic rings. The van der Waals surface area contributed by atoms with E-state index in [2.05, 4.69) is 20.5 Å². The van der Waals surface area contributed by atoms with Gasteiger partial charge < -0.3 is 10.5 Å². The molecule has 0 amide bonds. The third kappa shape index (κ3) is 1.87. The zero-order valence-electron chi connectivity index (χ0n) is 9.39. The summed E-state index contributed by atoms with van der Waals surface area (Å²) in [6.45, 7) is 0.463. The zero-order chi connectivity index (χ0) is 12.4. The first-order valence-corrected chi connectivity index (χ1v) is 5.36. The van der Waals surface area contributed by atoms with Gasteiger partial charge in [-0.05, 0) is 28.1 Å². The fourth-order valence-electron chi connectivity index (χ4n) is 1.58. The van der Waals surface area contributed by atoms with Crippen LogP contribution in [0.15, 0.2) is 36.7 Å². The van der Waals surface area contributed by atoms with Gasteiger partial charge in [0.05, 0.1) is 12.4 Å². The Morgan fingerprint density at radius 3 is 3.11 bits per heavy atom. The van der Waals surface area contributed by atoms with Crippen LogP contribution >= 0.6 is 0 Å². The molecular formula is C11H10N6O. The van der Waals surface area contributed by atoms with E-state index in [0.717, 1.165) is 5.56 Å². The van der Waals surface area contributed by atoms with Crippen LogP contribution in [0.4, 0.5) is 0 Å². The zero-order valence-corrected chi connectivity index (χ0v) is 9.39. The van der Waals surface area contributed by atoms with Gasteiger partial charge in [0.25, 0.3) is 0 Å². The largest absolute Gasteiger partial charge is 0.437 e. The summed E-state index contributed by atoms with van der Waals surface area (Å²) in [5, 5.41) is 11.2. The number of tetrazole rings is 1. The summed E-state index contributed by atoms with van der Waals surface area (Å²) in [5.41, 5.74) is 7.10. The average molecular weight is 242 g/mol. The fourth-order valence-corrected chi connectivity index (χ4v) is 1.58. The van der Waals surface area contributed by atoms with Gasteiger partial charge in [-0.15, -0.1) is 5.10 Å². The monoisotopic (exact) mass is 242 g/mol.